The molecular weight excluding hydrogens is 294 g/mol. The van der Waals surface area contributed by atoms with E-state index < -0.39 is 0 Å². The Balaban J connectivity index is 1.62. The molecule has 1 saturated carbocycles. The summed E-state index contributed by atoms with van der Waals surface area (Å²) in [6.07, 6.45) is 4.14. The van der Waals surface area contributed by atoms with Crippen LogP contribution in [0.4, 0.5) is 0 Å². The van der Waals surface area contributed by atoms with Crippen LogP contribution >= 0.6 is 0 Å². The van der Waals surface area contributed by atoms with Crippen molar-refractivity contribution in [3.05, 3.63) is 11.4 Å². The Morgan fingerprint density at radius 3 is 2.70 bits per heavy atom. The van der Waals surface area contributed by atoms with Crippen molar-refractivity contribution in [2.75, 3.05) is 13.1 Å². The minimum Gasteiger partial charge on any atom is -0.350 e. The van der Waals surface area contributed by atoms with E-state index in [1.165, 1.54) is 0 Å². The van der Waals surface area contributed by atoms with Gasteiger partial charge in [-0.05, 0) is 38.5 Å². The second-order valence-electron chi connectivity index (χ2n) is 6.67. The van der Waals surface area contributed by atoms with Crippen LogP contribution in [0, 0.1) is 11.8 Å². The van der Waals surface area contributed by atoms with E-state index in [1.807, 2.05) is 6.92 Å². The first kappa shape index (κ1) is 16.0. The predicted octanol–water partition coefficient (Wildman–Crippen LogP) is 1.20. The summed E-state index contributed by atoms with van der Waals surface area (Å²) in [6, 6.07) is 0. The van der Waals surface area contributed by atoms with Gasteiger partial charge in [0.2, 0.25) is 5.91 Å². The molecular formula is C16H25N5O2. The fraction of sp³-hybridized carbons (Fsp3) is 0.750. The summed E-state index contributed by atoms with van der Waals surface area (Å²) in [4.78, 5) is 26.5. The number of hydrogen-bond acceptors (Lipinski definition) is 4. The highest BCUT2D eigenvalue weighted by Gasteiger charge is 2.29. The molecule has 0 bridgehead atoms. The fourth-order valence-electron chi connectivity index (χ4n) is 3.46. The number of nitrogens with zero attached hydrogens (tertiary/aromatic N) is 4. The van der Waals surface area contributed by atoms with Gasteiger partial charge in [-0.25, -0.2) is 4.68 Å². The Labute approximate surface area is 136 Å². The standard InChI is InChI=1S/C16H25N5O2/c1-3-20-8-9-21-14(16(20)23)13(18-19-21)10-17-15(22)12-6-4-11(2)5-7-12/h11-12H,3-10H2,1-2H3,(H,17,22). The van der Waals surface area contributed by atoms with Gasteiger partial charge in [0.15, 0.2) is 5.69 Å². The molecule has 3 rings (SSSR count). The maximum absolute atomic E-state index is 12.4. The molecule has 1 aromatic heterocycles. The molecule has 1 fully saturated rings. The topological polar surface area (TPSA) is 80.1 Å². The lowest BCUT2D eigenvalue weighted by molar-refractivity contribution is -0.126. The van der Waals surface area contributed by atoms with Crippen LogP contribution < -0.4 is 5.32 Å². The van der Waals surface area contributed by atoms with Crippen molar-refractivity contribution in [1.29, 1.82) is 0 Å². The van der Waals surface area contributed by atoms with Gasteiger partial charge in [-0.3, -0.25) is 9.59 Å². The van der Waals surface area contributed by atoms with Crippen LogP contribution in [-0.4, -0.2) is 44.8 Å². The van der Waals surface area contributed by atoms with Gasteiger partial charge in [0.25, 0.3) is 5.91 Å². The lowest BCUT2D eigenvalue weighted by atomic mass is 9.82. The molecule has 0 aromatic carbocycles. The molecule has 0 saturated heterocycles. The number of rotatable bonds is 4. The van der Waals surface area contributed by atoms with E-state index in [2.05, 4.69) is 22.6 Å². The zero-order valence-electron chi connectivity index (χ0n) is 13.9. The molecule has 1 aliphatic heterocycles. The second kappa shape index (κ2) is 6.68. The Kier molecular flexibility index (Phi) is 4.63. The molecule has 2 heterocycles. The molecule has 1 aliphatic carbocycles. The van der Waals surface area contributed by atoms with Crippen molar-refractivity contribution < 1.29 is 9.59 Å². The Morgan fingerprint density at radius 1 is 1.26 bits per heavy atom. The minimum atomic E-state index is -0.0421. The highest BCUT2D eigenvalue weighted by atomic mass is 16.2. The molecule has 2 amide bonds. The number of hydrogen-bond donors (Lipinski definition) is 1. The van der Waals surface area contributed by atoms with Crippen LogP contribution in [0.1, 0.15) is 55.7 Å². The lowest BCUT2D eigenvalue weighted by Gasteiger charge is -2.26. The quantitative estimate of drug-likeness (QED) is 0.904. The number of carbonyl (C=O) groups excluding carboxylic acids is 2. The van der Waals surface area contributed by atoms with Crippen LogP contribution in [-0.2, 0) is 17.9 Å². The zero-order valence-corrected chi connectivity index (χ0v) is 13.9. The fourth-order valence-corrected chi connectivity index (χ4v) is 3.46. The summed E-state index contributed by atoms with van der Waals surface area (Å²) in [7, 11) is 0. The number of amides is 2. The molecule has 126 valence electrons. The van der Waals surface area contributed by atoms with Gasteiger partial charge in [0.05, 0.1) is 13.1 Å². The third-order valence-corrected chi connectivity index (χ3v) is 5.07. The minimum absolute atomic E-state index is 0.0421. The van der Waals surface area contributed by atoms with Crippen molar-refractivity contribution in [3.63, 3.8) is 0 Å². The summed E-state index contributed by atoms with van der Waals surface area (Å²) in [5.74, 6) is 0.857. The van der Waals surface area contributed by atoms with Gasteiger partial charge in [-0.15, -0.1) is 5.10 Å². The van der Waals surface area contributed by atoms with E-state index in [9.17, 15) is 9.59 Å². The van der Waals surface area contributed by atoms with E-state index in [-0.39, 0.29) is 24.3 Å². The maximum atomic E-state index is 12.4. The van der Waals surface area contributed by atoms with Crippen LogP contribution in [0.15, 0.2) is 0 Å². The largest absolute Gasteiger partial charge is 0.350 e. The zero-order chi connectivity index (χ0) is 16.4. The van der Waals surface area contributed by atoms with Crippen molar-refractivity contribution in [2.24, 2.45) is 11.8 Å². The first-order valence-electron chi connectivity index (χ1n) is 8.59. The van der Waals surface area contributed by atoms with Crippen molar-refractivity contribution in [1.82, 2.24) is 25.2 Å². The predicted molar refractivity (Wildman–Crippen MR) is 84.6 cm³/mol. The summed E-state index contributed by atoms with van der Waals surface area (Å²) in [5, 5.41) is 11.1. The molecule has 2 aliphatic rings. The monoisotopic (exact) mass is 319 g/mol. The van der Waals surface area contributed by atoms with E-state index in [0.717, 1.165) is 31.6 Å². The maximum Gasteiger partial charge on any atom is 0.274 e. The number of nitrogens with one attached hydrogen (secondary N) is 1. The second-order valence-corrected chi connectivity index (χ2v) is 6.67. The van der Waals surface area contributed by atoms with Crippen molar-refractivity contribution in [3.8, 4) is 0 Å². The van der Waals surface area contributed by atoms with Gasteiger partial charge >= 0.3 is 0 Å². The van der Waals surface area contributed by atoms with E-state index in [1.54, 1.807) is 9.58 Å². The smallest absolute Gasteiger partial charge is 0.274 e. The summed E-state index contributed by atoms with van der Waals surface area (Å²) >= 11 is 0. The highest BCUT2D eigenvalue weighted by molar-refractivity contribution is 5.94. The molecule has 1 aromatic rings. The first-order chi connectivity index (χ1) is 11.1. The number of aromatic nitrogens is 3. The van der Waals surface area contributed by atoms with E-state index in [4.69, 9.17) is 0 Å². The number of likely N-dealkylation sites (N-methyl/N-ethyl adjacent to an activating group) is 1. The summed E-state index contributed by atoms with van der Waals surface area (Å²) in [6.45, 7) is 6.48. The molecule has 7 heteroatoms. The number of fused-ring (bicyclic) bond motifs is 1. The normalized spacial score (nSPS) is 24.4. The number of carbonyl (C=O) groups is 2. The van der Waals surface area contributed by atoms with Crippen LogP contribution in [0.2, 0.25) is 0 Å². The first-order valence-corrected chi connectivity index (χ1v) is 8.59. The van der Waals surface area contributed by atoms with Gasteiger partial charge in [0.1, 0.15) is 5.69 Å². The van der Waals surface area contributed by atoms with E-state index in [0.29, 0.717) is 31.0 Å². The third kappa shape index (κ3) is 3.23. The lowest BCUT2D eigenvalue weighted by Crippen LogP contribution is -2.41. The van der Waals surface area contributed by atoms with Crippen LogP contribution in [0.3, 0.4) is 0 Å². The SMILES string of the molecule is CCN1CCn2nnc(CNC(=O)C3CCC(C)CC3)c2C1=O. The summed E-state index contributed by atoms with van der Waals surface area (Å²) < 4.78 is 1.65. The van der Waals surface area contributed by atoms with Crippen LogP contribution in [0.25, 0.3) is 0 Å². The molecule has 0 unspecified atom stereocenters. The average Bonchev–Trinajstić information content (AvgIpc) is 2.97. The molecule has 1 N–H and O–H groups in total. The molecule has 23 heavy (non-hydrogen) atoms. The van der Waals surface area contributed by atoms with Gasteiger partial charge in [-0.2, -0.15) is 0 Å². The van der Waals surface area contributed by atoms with Crippen molar-refractivity contribution in [2.45, 2.75) is 52.6 Å². The molecule has 0 spiro atoms. The molecule has 0 radical (unpaired) electrons. The third-order valence-electron chi connectivity index (χ3n) is 5.07. The Morgan fingerprint density at radius 2 is 2.00 bits per heavy atom. The molecule has 7 nitrogen and oxygen atoms in total. The van der Waals surface area contributed by atoms with Gasteiger partial charge < -0.3 is 10.2 Å². The van der Waals surface area contributed by atoms with Crippen LogP contribution in [0.5, 0.6) is 0 Å². The average molecular weight is 319 g/mol. The van der Waals surface area contributed by atoms with Crippen molar-refractivity contribution >= 4 is 11.8 Å². The van der Waals surface area contributed by atoms with E-state index >= 15 is 0 Å². The summed E-state index contributed by atoms with van der Waals surface area (Å²) in [5.41, 5.74) is 1.10. The van der Waals surface area contributed by atoms with Gasteiger partial charge in [0, 0.05) is 19.0 Å². The molecule has 0 atom stereocenters. The Hall–Kier alpha value is -1.92. The highest BCUT2D eigenvalue weighted by Crippen LogP contribution is 2.28. The Bertz CT molecular complexity index is 589. The van der Waals surface area contributed by atoms with Gasteiger partial charge in [-0.1, -0.05) is 12.1 Å².